The second-order valence-electron chi connectivity index (χ2n) is 8.63. The van der Waals surface area contributed by atoms with E-state index in [-0.39, 0.29) is 29.7 Å². The Morgan fingerprint density at radius 2 is 1.72 bits per heavy atom. The SMILES string of the molecule is O=C(NC(Cc1ccccc1)C(=O)NC1CC1)C1CCCN(C(=O)c2ccc(Cl)cc2)C1. The first-order valence-electron chi connectivity index (χ1n) is 11.2. The molecular formula is C25H28ClN3O3. The fourth-order valence-electron chi connectivity index (χ4n) is 4.03. The van der Waals surface area contributed by atoms with E-state index in [9.17, 15) is 14.4 Å². The number of hydrogen-bond donors (Lipinski definition) is 2. The third-order valence-electron chi connectivity index (χ3n) is 6.01. The summed E-state index contributed by atoms with van der Waals surface area (Å²) >= 11 is 5.92. The summed E-state index contributed by atoms with van der Waals surface area (Å²) < 4.78 is 0. The number of halogens is 1. The number of hydrogen-bond acceptors (Lipinski definition) is 3. The molecule has 1 heterocycles. The van der Waals surface area contributed by atoms with Crippen LogP contribution < -0.4 is 10.6 Å². The number of nitrogens with one attached hydrogen (secondary N) is 2. The van der Waals surface area contributed by atoms with Gasteiger partial charge in [0, 0.05) is 36.1 Å². The molecule has 2 aromatic rings. The lowest BCUT2D eigenvalue weighted by Gasteiger charge is -2.33. The number of carbonyl (C=O) groups excluding carboxylic acids is 3. The smallest absolute Gasteiger partial charge is 0.253 e. The van der Waals surface area contributed by atoms with Crippen molar-refractivity contribution >= 4 is 29.3 Å². The lowest BCUT2D eigenvalue weighted by molar-refractivity contribution is -0.132. The third kappa shape index (κ3) is 5.88. The van der Waals surface area contributed by atoms with Crippen LogP contribution in [0.15, 0.2) is 54.6 Å². The van der Waals surface area contributed by atoms with Crippen molar-refractivity contribution in [2.24, 2.45) is 5.92 Å². The zero-order chi connectivity index (χ0) is 22.5. The molecule has 1 saturated heterocycles. The van der Waals surface area contributed by atoms with Crippen LogP contribution >= 0.6 is 11.6 Å². The van der Waals surface area contributed by atoms with Crippen molar-refractivity contribution in [3.63, 3.8) is 0 Å². The Balaban J connectivity index is 1.40. The van der Waals surface area contributed by atoms with Crippen LogP contribution in [0.4, 0.5) is 0 Å². The van der Waals surface area contributed by atoms with Gasteiger partial charge < -0.3 is 15.5 Å². The highest BCUT2D eigenvalue weighted by Gasteiger charge is 2.33. The maximum absolute atomic E-state index is 13.1. The number of nitrogens with zero attached hydrogens (tertiary/aromatic N) is 1. The van der Waals surface area contributed by atoms with E-state index in [4.69, 9.17) is 11.6 Å². The first-order valence-corrected chi connectivity index (χ1v) is 11.6. The lowest BCUT2D eigenvalue weighted by atomic mass is 9.95. The molecule has 2 atom stereocenters. The van der Waals surface area contributed by atoms with Crippen molar-refractivity contribution in [1.29, 1.82) is 0 Å². The van der Waals surface area contributed by atoms with Gasteiger partial charge in [0.1, 0.15) is 6.04 Å². The van der Waals surface area contributed by atoms with Gasteiger partial charge in [0.15, 0.2) is 0 Å². The van der Waals surface area contributed by atoms with Crippen LogP contribution in [0.1, 0.15) is 41.6 Å². The largest absolute Gasteiger partial charge is 0.352 e. The highest BCUT2D eigenvalue weighted by molar-refractivity contribution is 6.30. The van der Waals surface area contributed by atoms with Gasteiger partial charge in [-0.25, -0.2) is 0 Å². The molecule has 32 heavy (non-hydrogen) atoms. The summed E-state index contributed by atoms with van der Waals surface area (Å²) in [6, 6.07) is 16.1. The van der Waals surface area contributed by atoms with Gasteiger partial charge in [0.05, 0.1) is 5.92 Å². The maximum Gasteiger partial charge on any atom is 0.253 e. The Morgan fingerprint density at radius 1 is 1.00 bits per heavy atom. The second kappa shape index (κ2) is 10.2. The average molecular weight is 454 g/mol. The Bertz CT molecular complexity index is 960. The van der Waals surface area contributed by atoms with Gasteiger partial charge >= 0.3 is 0 Å². The summed E-state index contributed by atoms with van der Waals surface area (Å²) in [5.41, 5.74) is 1.55. The molecule has 1 aliphatic heterocycles. The first-order chi connectivity index (χ1) is 15.5. The van der Waals surface area contributed by atoms with Crippen LogP contribution in [0.2, 0.25) is 5.02 Å². The Kier molecular flexibility index (Phi) is 7.10. The zero-order valence-corrected chi connectivity index (χ0v) is 18.7. The Labute approximate surface area is 193 Å². The molecule has 1 saturated carbocycles. The van der Waals surface area contributed by atoms with Gasteiger partial charge in [-0.2, -0.15) is 0 Å². The van der Waals surface area contributed by atoms with E-state index in [0.29, 0.717) is 36.5 Å². The molecule has 2 aliphatic rings. The zero-order valence-electron chi connectivity index (χ0n) is 17.9. The molecule has 0 spiro atoms. The Morgan fingerprint density at radius 3 is 2.41 bits per heavy atom. The topological polar surface area (TPSA) is 78.5 Å². The monoisotopic (exact) mass is 453 g/mol. The van der Waals surface area contributed by atoms with Gasteiger partial charge in [0.25, 0.3) is 5.91 Å². The number of likely N-dealkylation sites (tertiary alicyclic amines) is 1. The van der Waals surface area contributed by atoms with Gasteiger partial charge in [0.2, 0.25) is 11.8 Å². The summed E-state index contributed by atoms with van der Waals surface area (Å²) in [5.74, 6) is -0.765. The van der Waals surface area contributed by atoms with E-state index in [2.05, 4.69) is 10.6 Å². The summed E-state index contributed by atoms with van der Waals surface area (Å²) in [6.07, 6.45) is 3.85. The molecule has 3 amide bonds. The highest BCUT2D eigenvalue weighted by atomic mass is 35.5. The number of piperidine rings is 1. The normalized spacial score (nSPS) is 19.2. The molecule has 1 aliphatic carbocycles. The molecule has 0 aromatic heterocycles. The van der Waals surface area contributed by atoms with Crippen LogP contribution in [0.3, 0.4) is 0 Å². The van der Waals surface area contributed by atoms with Crippen molar-refractivity contribution < 1.29 is 14.4 Å². The summed E-state index contributed by atoms with van der Waals surface area (Å²) in [6.45, 7) is 0.955. The number of amides is 3. The lowest BCUT2D eigenvalue weighted by Crippen LogP contribution is -2.52. The number of rotatable bonds is 7. The van der Waals surface area contributed by atoms with Crippen molar-refractivity contribution in [3.05, 3.63) is 70.7 Å². The van der Waals surface area contributed by atoms with Crippen LogP contribution in [-0.4, -0.2) is 47.8 Å². The minimum Gasteiger partial charge on any atom is -0.352 e. The molecule has 4 rings (SSSR count). The molecule has 0 radical (unpaired) electrons. The summed E-state index contributed by atoms with van der Waals surface area (Å²) in [5, 5.41) is 6.55. The molecule has 6 nitrogen and oxygen atoms in total. The van der Waals surface area contributed by atoms with Crippen LogP contribution in [0.5, 0.6) is 0 Å². The molecule has 168 valence electrons. The number of carbonyl (C=O) groups is 3. The molecule has 2 fully saturated rings. The van der Waals surface area contributed by atoms with Crippen molar-refractivity contribution in [2.75, 3.05) is 13.1 Å². The standard InChI is InChI=1S/C25H28ClN3O3/c26-20-10-8-18(9-11-20)25(32)29-14-4-7-19(16-29)23(30)28-22(24(31)27-21-12-13-21)15-17-5-2-1-3-6-17/h1-3,5-6,8-11,19,21-22H,4,7,12-16H2,(H,27,31)(H,28,30). The summed E-state index contributed by atoms with van der Waals surface area (Å²) in [4.78, 5) is 40.5. The molecule has 2 aromatic carbocycles. The quantitative estimate of drug-likeness (QED) is 0.675. The predicted octanol–water partition coefficient (Wildman–Crippen LogP) is 3.20. The molecule has 7 heteroatoms. The van der Waals surface area contributed by atoms with E-state index < -0.39 is 6.04 Å². The fourth-order valence-corrected chi connectivity index (χ4v) is 4.15. The van der Waals surface area contributed by atoms with Crippen molar-refractivity contribution in [1.82, 2.24) is 15.5 Å². The van der Waals surface area contributed by atoms with E-state index in [1.807, 2.05) is 30.3 Å². The van der Waals surface area contributed by atoms with Crippen LogP contribution in [0, 0.1) is 5.92 Å². The maximum atomic E-state index is 13.1. The first kappa shape index (κ1) is 22.3. The fraction of sp³-hybridized carbons (Fsp3) is 0.400. The van der Waals surface area contributed by atoms with E-state index >= 15 is 0 Å². The molecule has 2 unspecified atom stereocenters. The molecule has 0 bridgehead atoms. The van der Waals surface area contributed by atoms with Crippen LogP contribution in [-0.2, 0) is 16.0 Å². The Hall–Kier alpha value is -2.86. The van der Waals surface area contributed by atoms with E-state index in [1.165, 1.54) is 0 Å². The van der Waals surface area contributed by atoms with Gasteiger partial charge in [-0.05, 0) is 55.5 Å². The van der Waals surface area contributed by atoms with Crippen molar-refractivity contribution in [2.45, 2.75) is 44.2 Å². The molecular weight excluding hydrogens is 426 g/mol. The minimum absolute atomic E-state index is 0.105. The highest BCUT2D eigenvalue weighted by Crippen LogP contribution is 2.21. The van der Waals surface area contributed by atoms with Gasteiger partial charge in [-0.3, -0.25) is 14.4 Å². The number of benzene rings is 2. The predicted molar refractivity (Wildman–Crippen MR) is 123 cm³/mol. The van der Waals surface area contributed by atoms with E-state index in [0.717, 1.165) is 24.8 Å². The van der Waals surface area contributed by atoms with Crippen molar-refractivity contribution in [3.8, 4) is 0 Å². The van der Waals surface area contributed by atoms with E-state index in [1.54, 1.807) is 29.2 Å². The second-order valence-corrected chi connectivity index (χ2v) is 9.07. The average Bonchev–Trinajstić information content (AvgIpc) is 3.63. The third-order valence-corrected chi connectivity index (χ3v) is 6.26. The molecule has 2 N–H and O–H groups in total. The van der Waals surface area contributed by atoms with Crippen LogP contribution in [0.25, 0.3) is 0 Å². The van der Waals surface area contributed by atoms with Gasteiger partial charge in [-0.15, -0.1) is 0 Å². The van der Waals surface area contributed by atoms with Gasteiger partial charge in [-0.1, -0.05) is 41.9 Å². The minimum atomic E-state index is -0.632. The summed E-state index contributed by atoms with van der Waals surface area (Å²) in [7, 11) is 0.